The van der Waals surface area contributed by atoms with Crippen LogP contribution < -0.4 is 0 Å². The molecule has 0 saturated carbocycles. The molecule has 1 aromatic rings. The summed E-state index contributed by atoms with van der Waals surface area (Å²) in [5.41, 5.74) is 0.996. The number of carboxylic acid groups (broad SMARTS) is 1. The van der Waals surface area contributed by atoms with Crippen LogP contribution in [0.15, 0.2) is 29.2 Å². The Morgan fingerprint density at radius 3 is 2.71 bits per heavy atom. The summed E-state index contributed by atoms with van der Waals surface area (Å²) < 4.78 is 12.2. The highest BCUT2D eigenvalue weighted by atomic mass is 32.2. The highest BCUT2D eigenvalue weighted by Gasteiger charge is 2.25. The highest BCUT2D eigenvalue weighted by Crippen LogP contribution is 2.17. The number of carbonyl (C=O) groups is 1. The van der Waals surface area contributed by atoms with Gasteiger partial charge in [0.25, 0.3) is 0 Å². The second kappa shape index (κ2) is 6.55. The molecule has 1 N–H and O–H groups in total. The van der Waals surface area contributed by atoms with Gasteiger partial charge in [0.1, 0.15) is 5.25 Å². The number of hydrogen-bond donors (Lipinski definition) is 1. The van der Waals surface area contributed by atoms with E-state index in [-0.39, 0.29) is 0 Å². The molecule has 0 heterocycles. The Labute approximate surface area is 104 Å². The van der Waals surface area contributed by atoms with Crippen LogP contribution in [0.1, 0.15) is 31.7 Å². The van der Waals surface area contributed by atoms with Crippen molar-refractivity contribution in [1.82, 2.24) is 0 Å². The molecule has 2 unspecified atom stereocenters. The second-order valence-corrected chi connectivity index (χ2v) is 5.72. The van der Waals surface area contributed by atoms with Gasteiger partial charge in [-0.15, -0.1) is 0 Å². The van der Waals surface area contributed by atoms with E-state index in [2.05, 4.69) is 0 Å². The SMILES string of the molecule is CCCCC(C(=O)O)S(=O)c1cccc(C)c1. The minimum Gasteiger partial charge on any atom is -0.480 e. The lowest BCUT2D eigenvalue weighted by Crippen LogP contribution is -2.25. The molecular formula is C13H18O3S. The molecule has 0 aliphatic carbocycles. The van der Waals surface area contributed by atoms with Crippen LogP contribution >= 0.6 is 0 Å². The second-order valence-electron chi connectivity index (χ2n) is 4.08. The van der Waals surface area contributed by atoms with Crippen LogP contribution in [0.4, 0.5) is 0 Å². The third kappa shape index (κ3) is 3.97. The summed E-state index contributed by atoms with van der Waals surface area (Å²) in [6.07, 6.45) is 2.16. The summed E-state index contributed by atoms with van der Waals surface area (Å²) in [4.78, 5) is 11.7. The van der Waals surface area contributed by atoms with E-state index in [9.17, 15) is 9.00 Å². The summed E-state index contributed by atoms with van der Waals surface area (Å²) in [5.74, 6) is -0.974. The smallest absolute Gasteiger partial charge is 0.319 e. The van der Waals surface area contributed by atoms with Crippen molar-refractivity contribution in [3.63, 3.8) is 0 Å². The molecule has 4 heteroatoms. The molecule has 0 aliphatic rings. The van der Waals surface area contributed by atoms with E-state index in [1.165, 1.54) is 0 Å². The van der Waals surface area contributed by atoms with Gasteiger partial charge in [0.15, 0.2) is 0 Å². The first-order valence-electron chi connectivity index (χ1n) is 5.76. The van der Waals surface area contributed by atoms with Crippen molar-refractivity contribution in [2.24, 2.45) is 0 Å². The van der Waals surface area contributed by atoms with Crippen molar-refractivity contribution in [3.05, 3.63) is 29.8 Å². The van der Waals surface area contributed by atoms with Gasteiger partial charge in [0.05, 0.1) is 10.8 Å². The lowest BCUT2D eigenvalue weighted by molar-refractivity contribution is -0.136. The van der Waals surface area contributed by atoms with Gasteiger partial charge in [-0.05, 0) is 31.0 Å². The average Bonchev–Trinajstić information content (AvgIpc) is 2.29. The van der Waals surface area contributed by atoms with E-state index in [0.717, 1.165) is 18.4 Å². The lowest BCUT2D eigenvalue weighted by atomic mass is 10.2. The lowest BCUT2D eigenvalue weighted by Gasteiger charge is -2.12. The molecule has 0 aliphatic heterocycles. The molecule has 1 aromatic carbocycles. The van der Waals surface area contributed by atoms with Crippen LogP contribution in [0.25, 0.3) is 0 Å². The fraction of sp³-hybridized carbons (Fsp3) is 0.462. The summed E-state index contributed by atoms with van der Waals surface area (Å²) in [7, 11) is -1.46. The largest absolute Gasteiger partial charge is 0.480 e. The van der Waals surface area contributed by atoms with Crippen LogP contribution in [-0.4, -0.2) is 20.5 Å². The fourth-order valence-corrected chi connectivity index (χ4v) is 3.02. The molecule has 0 aromatic heterocycles. The monoisotopic (exact) mass is 254 g/mol. The first-order chi connectivity index (χ1) is 8.06. The minimum atomic E-state index is -1.46. The van der Waals surface area contributed by atoms with Gasteiger partial charge in [0, 0.05) is 4.90 Å². The van der Waals surface area contributed by atoms with Gasteiger partial charge < -0.3 is 5.11 Å². The summed E-state index contributed by atoms with van der Waals surface area (Å²) in [6, 6.07) is 7.23. The van der Waals surface area contributed by atoms with Crippen molar-refractivity contribution in [3.8, 4) is 0 Å². The third-order valence-corrected chi connectivity index (χ3v) is 4.25. The predicted octanol–water partition coefficient (Wildman–Crippen LogP) is 2.75. The number of aliphatic carboxylic acids is 1. The minimum absolute atomic E-state index is 0.465. The molecule has 0 bridgehead atoms. The Kier molecular flexibility index (Phi) is 5.35. The van der Waals surface area contributed by atoms with E-state index >= 15 is 0 Å². The third-order valence-electron chi connectivity index (χ3n) is 2.58. The summed E-state index contributed by atoms with van der Waals surface area (Å²) in [5, 5.41) is 8.31. The van der Waals surface area contributed by atoms with Crippen molar-refractivity contribution >= 4 is 16.8 Å². The Morgan fingerprint density at radius 2 is 2.18 bits per heavy atom. The van der Waals surface area contributed by atoms with Crippen molar-refractivity contribution in [1.29, 1.82) is 0 Å². The van der Waals surface area contributed by atoms with E-state index in [1.807, 2.05) is 19.9 Å². The zero-order valence-electron chi connectivity index (χ0n) is 10.2. The average molecular weight is 254 g/mol. The van der Waals surface area contributed by atoms with Gasteiger partial charge in [0.2, 0.25) is 0 Å². The molecule has 0 radical (unpaired) electrons. The van der Waals surface area contributed by atoms with Crippen molar-refractivity contribution < 1.29 is 14.1 Å². The first kappa shape index (κ1) is 13.9. The zero-order chi connectivity index (χ0) is 12.8. The molecule has 3 nitrogen and oxygen atoms in total. The van der Waals surface area contributed by atoms with Crippen LogP contribution in [-0.2, 0) is 15.6 Å². The van der Waals surface area contributed by atoms with Gasteiger partial charge in [-0.2, -0.15) is 0 Å². The number of carboxylic acids is 1. The van der Waals surface area contributed by atoms with Gasteiger partial charge in [-0.1, -0.05) is 31.9 Å². The van der Waals surface area contributed by atoms with Crippen LogP contribution in [0.2, 0.25) is 0 Å². The molecule has 0 spiro atoms. The number of unbranched alkanes of at least 4 members (excludes halogenated alkanes) is 1. The Bertz CT molecular complexity index is 415. The normalized spacial score (nSPS) is 14.2. The van der Waals surface area contributed by atoms with Crippen molar-refractivity contribution in [2.75, 3.05) is 0 Å². The molecular weight excluding hydrogens is 236 g/mol. The molecule has 17 heavy (non-hydrogen) atoms. The predicted molar refractivity (Wildman–Crippen MR) is 68.5 cm³/mol. The van der Waals surface area contributed by atoms with Crippen molar-refractivity contribution in [2.45, 2.75) is 43.3 Å². The van der Waals surface area contributed by atoms with E-state index in [4.69, 9.17) is 5.11 Å². The molecule has 0 fully saturated rings. The van der Waals surface area contributed by atoms with Gasteiger partial charge in [-0.25, -0.2) is 0 Å². The zero-order valence-corrected chi connectivity index (χ0v) is 11.0. The number of benzene rings is 1. The Balaban J connectivity index is 2.88. The molecule has 2 atom stereocenters. The van der Waals surface area contributed by atoms with E-state index in [0.29, 0.717) is 11.3 Å². The van der Waals surface area contributed by atoms with E-state index in [1.54, 1.807) is 18.2 Å². The maximum Gasteiger partial charge on any atom is 0.319 e. The maximum absolute atomic E-state index is 12.2. The maximum atomic E-state index is 12.2. The fourth-order valence-electron chi connectivity index (χ4n) is 1.62. The highest BCUT2D eigenvalue weighted by molar-refractivity contribution is 7.86. The number of aryl methyl sites for hydroxylation is 1. The number of rotatable bonds is 6. The van der Waals surface area contributed by atoms with Crippen LogP contribution in [0.3, 0.4) is 0 Å². The van der Waals surface area contributed by atoms with Gasteiger partial charge >= 0.3 is 5.97 Å². The van der Waals surface area contributed by atoms with Crippen LogP contribution in [0.5, 0.6) is 0 Å². The number of hydrogen-bond acceptors (Lipinski definition) is 2. The standard InChI is InChI=1S/C13H18O3S/c1-3-4-8-12(13(14)15)17(16)11-7-5-6-10(2)9-11/h5-7,9,12H,3-4,8H2,1-2H3,(H,14,15). The van der Waals surface area contributed by atoms with E-state index < -0.39 is 22.0 Å². The first-order valence-corrected chi connectivity index (χ1v) is 6.97. The Morgan fingerprint density at radius 1 is 1.47 bits per heavy atom. The summed E-state index contributed by atoms with van der Waals surface area (Å²) in [6.45, 7) is 3.90. The molecule has 94 valence electrons. The molecule has 0 saturated heterocycles. The Hall–Kier alpha value is -1.16. The summed E-state index contributed by atoms with van der Waals surface area (Å²) >= 11 is 0. The topological polar surface area (TPSA) is 54.4 Å². The molecule has 1 rings (SSSR count). The van der Waals surface area contributed by atoms with Gasteiger partial charge in [-0.3, -0.25) is 9.00 Å². The van der Waals surface area contributed by atoms with Crippen LogP contribution in [0, 0.1) is 6.92 Å². The quantitative estimate of drug-likeness (QED) is 0.849. The molecule has 0 amide bonds.